The standard InChI is InChI=1S/C25H24N2O5S2/c1-31-25(30)21-18-6-2-3-7-19(18)34-23(21)26-22(29)15-8-10-16(11-9-15)24-27(20(28)14-33-24)13-17-5-4-12-32-17/h4-5,8-12,24H,2-3,6-7,13-14H2,1H3,(H,26,29)/t24-/m1/s1. The molecule has 3 heterocycles. The third-order valence-corrected chi connectivity index (χ3v) is 8.58. The van der Waals surface area contributed by atoms with Crippen molar-refractivity contribution in [2.75, 3.05) is 18.2 Å². The summed E-state index contributed by atoms with van der Waals surface area (Å²) in [6.07, 6.45) is 5.46. The van der Waals surface area contributed by atoms with Crippen molar-refractivity contribution in [3.8, 4) is 0 Å². The summed E-state index contributed by atoms with van der Waals surface area (Å²) in [4.78, 5) is 40.8. The number of carbonyl (C=O) groups is 3. The summed E-state index contributed by atoms with van der Waals surface area (Å²) in [6.45, 7) is 0.408. The number of ether oxygens (including phenoxy) is 1. The molecule has 5 rings (SSSR count). The molecule has 0 bridgehead atoms. The molecule has 2 aliphatic rings. The molecule has 0 unspecified atom stereocenters. The van der Waals surface area contributed by atoms with Crippen LogP contribution in [0.4, 0.5) is 5.00 Å². The van der Waals surface area contributed by atoms with Crippen molar-refractivity contribution in [1.29, 1.82) is 0 Å². The van der Waals surface area contributed by atoms with Crippen molar-refractivity contribution in [2.24, 2.45) is 0 Å². The van der Waals surface area contributed by atoms with Crippen LogP contribution < -0.4 is 5.32 Å². The number of nitrogens with zero attached hydrogens (tertiary/aromatic N) is 1. The number of carbonyl (C=O) groups excluding carboxylic acids is 3. The van der Waals surface area contributed by atoms with Gasteiger partial charge in [0.25, 0.3) is 5.91 Å². The summed E-state index contributed by atoms with van der Waals surface area (Å²) >= 11 is 3.02. The third-order valence-electron chi connectivity index (χ3n) is 6.12. The second-order valence-electron chi connectivity index (χ2n) is 8.25. The summed E-state index contributed by atoms with van der Waals surface area (Å²) in [5.41, 5.74) is 2.92. The first kappa shape index (κ1) is 22.7. The van der Waals surface area contributed by atoms with E-state index in [1.807, 2.05) is 18.2 Å². The summed E-state index contributed by atoms with van der Waals surface area (Å²) in [7, 11) is 1.36. The average Bonchev–Trinajstić information content (AvgIpc) is 3.58. The van der Waals surface area contributed by atoms with Crippen LogP contribution in [0.2, 0.25) is 0 Å². The van der Waals surface area contributed by atoms with Gasteiger partial charge in [0.1, 0.15) is 16.1 Å². The number of nitrogens with one attached hydrogen (secondary N) is 1. The number of esters is 1. The average molecular weight is 497 g/mol. The maximum atomic E-state index is 13.0. The van der Waals surface area contributed by atoms with Crippen molar-refractivity contribution in [3.05, 3.63) is 75.6 Å². The lowest BCUT2D eigenvalue weighted by molar-refractivity contribution is -0.128. The first-order chi connectivity index (χ1) is 16.5. The van der Waals surface area contributed by atoms with E-state index in [1.54, 1.807) is 41.1 Å². The summed E-state index contributed by atoms with van der Waals surface area (Å²) in [6, 6.07) is 10.9. The molecule has 0 saturated carbocycles. The largest absolute Gasteiger partial charge is 0.467 e. The number of benzene rings is 1. The number of furan rings is 1. The van der Waals surface area contributed by atoms with Crippen LogP contribution in [0.25, 0.3) is 0 Å². The lowest BCUT2D eigenvalue weighted by Crippen LogP contribution is -2.27. The van der Waals surface area contributed by atoms with E-state index in [-0.39, 0.29) is 17.2 Å². The monoisotopic (exact) mass is 496 g/mol. The number of thioether (sulfide) groups is 1. The molecule has 1 atom stereocenters. The van der Waals surface area contributed by atoms with Gasteiger partial charge in [0.05, 0.1) is 31.2 Å². The molecule has 1 N–H and O–H groups in total. The highest BCUT2D eigenvalue weighted by Gasteiger charge is 2.33. The Morgan fingerprint density at radius 3 is 2.71 bits per heavy atom. The zero-order chi connectivity index (χ0) is 23.7. The van der Waals surface area contributed by atoms with Gasteiger partial charge in [-0.15, -0.1) is 23.1 Å². The van der Waals surface area contributed by atoms with E-state index in [0.29, 0.717) is 28.4 Å². The first-order valence-electron chi connectivity index (χ1n) is 11.1. The highest BCUT2D eigenvalue weighted by Crippen LogP contribution is 2.40. The van der Waals surface area contributed by atoms with Crippen molar-refractivity contribution >= 4 is 45.9 Å². The number of aryl methyl sites for hydroxylation is 1. The number of thiophene rings is 1. The minimum absolute atomic E-state index is 0.0604. The Morgan fingerprint density at radius 2 is 1.97 bits per heavy atom. The minimum Gasteiger partial charge on any atom is -0.467 e. The lowest BCUT2D eigenvalue weighted by atomic mass is 9.95. The van der Waals surface area contributed by atoms with E-state index in [4.69, 9.17) is 9.15 Å². The van der Waals surface area contributed by atoms with Gasteiger partial charge in [0, 0.05) is 10.4 Å². The molecule has 0 radical (unpaired) electrons. The molecule has 0 spiro atoms. The summed E-state index contributed by atoms with van der Waals surface area (Å²) < 4.78 is 10.4. The number of anilines is 1. The number of rotatable bonds is 6. The van der Waals surface area contributed by atoms with Gasteiger partial charge in [-0.1, -0.05) is 12.1 Å². The van der Waals surface area contributed by atoms with E-state index >= 15 is 0 Å². The molecule has 176 valence electrons. The molecule has 2 amide bonds. The first-order valence-corrected chi connectivity index (χ1v) is 13.0. The zero-order valence-electron chi connectivity index (χ0n) is 18.7. The van der Waals surface area contributed by atoms with Crippen LogP contribution in [0.3, 0.4) is 0 Å². The Balaban J connectivity index is 1.33. The molecule has 1 aliphatic heterocycles. The van der Waals surface area contributed by atoms with Gasteiger partial charge in [-0.25, -0.2) is 4.79 Å². The van der Waals surface area contributed by atoms with Gasteiger partial charge >= 0.3 is 5.97 Å². The van der Waals surface area contributed by atoms with Crippen LogP contribution in [0, 0.1) is 0 Å². The molecular formula is C25H24N2O5S2. The van der Waals surface area contributed by atoms with Crippen LogP contribution in [0.5, 0.6) is 0 Å². The summed E-state index contributed by atoms with van der Waals surface area (Å²) in [5, 5.41) is 3.35. The SMILES string of the molecule is COC(=O)c1c(NC(=O)c2ccc([C@H]3SCC(=O)N3Cc3ccco3)cc2)sc2c1CCCC2. The molecule has 1 saturated heterocycles. The van der Waals surface area contributed by atoms with Crippen molar-refractivity contribution in [1.82, 2.24) is 4.90 Å². The molecule has 1 fully saturated rings. The summed E-state index contributed by atoms with van der Waals surface area (Å²) in [5.74, 6) is 0.511. The van der Waals surface area contributed by atoms with Crippen LogP contribution >= 0.6 is 23.1 Å². The maximum absolute atomic E-state index is 13.0. The second kappa shape index (κ2) is 9.68. The molecule has 1 aromatic carbocycles. The van der Waals surface area contributed by atoms with Gasteiger partial charge in [-0.05, 0) is 61.1 Å². The fraction of sp³-hybridized carbons (Fsp3) is 0.320. The third kappa shape index (κ3) is 4.37. The molecular weight excluding hydrogens is 472 g/mol. The normalized spacial score (nSPS) is 17.5. The highest BCUT2D eigenvalue weighted by molar-refractivity contribution is 8.00. The van der Waals surface area contributed by atoms with E-state index in [0.717, 1.165) is 47.4 Å². The number of hydrogen-bond acceptors (Lipinski definition) is 7. The quantitative estimate of drug-likeness (QED) is 0.482. The number of methoxy groups -OCH3 is 1. The maximum Gasteiger partial charge on any atom is 0.341 e. The Kier molecular flexibility index (Phi) is 6.47. The van der Waals surface area contributed by atoms with Crippen LogP contribution in [-0.4, -0.2) is 35.5 Å². The molecule has 9 heteroatoms. The molecule has 3 aromatic rings. The van der Waals surface area contributed by atoms with Crippen LogP contribution in [0.1, 0.15) is 60.7 Å². The fourth-order valence-corrected chi connectivity index (χ4v) is 6.88. The van der Waals surface area contributed by atoms with Crippen LogP contribution in [-0.2, 0) is 28.9 Å². The number of hydrogen-bond donors (Lipinski definition) is 1. The molecule has 34 heavy (non-hydrogen) atoms. The van der Waals surface area contributed by atoms with Crippen molar-refractivity contribution < 1.29 is 23.5 Å². The minimum atomic E-state index is -0.412. The Bertz CT molecular complexity index is 1220. The Labute approximate surface area is 205 Å². The smallest absolute Gasteiger partial charge is 0.341 e. The van der Waals surface area contributed by atoms with Gasteiger partial charge in [-0.3, -0.25) is 9.59 Å². The van der Waals surface area contributed by atoms with Crippen molar-refractivity contribution in [2.45, 2.75) is 37.6 Å². The Hall–Kier alpha value is -3.04. The zero-order valence-corrected chi connectivity index (χ0v) is 20.3. The Morgan fingerprint density at radius 1 is 1.18 bits per heavy atom. The fourth-order valence-electron chi connectivity index (χ4n) is 4.42. The van der Waals surface area contributed by atoms with Gasteiger partial charge < -0.3 is 19.4 Å². The predicted molar refractivity (Wildman–Crippen MR) is 131 cm³/mol. The number of amides is 2. The van der Waals surface area contributed by atoms with E-state index in [9.17, 15) is 14.4 Å². The number of fused-ring (bicyclic) bond motifs is 1. The highest BCUT2D eigenvalue weighted by atomic mass is 32.2. The van der Waals surface area contributed by atoms with Gasteiger partial charge in [0.2, 0.25) is 5.91 Å². The molecule has 7 nitrogen and oxygen atoms in total. The van der Waals surface area contributed by atoms with E-state index in [1.165, 1.54) is 18.4 Å². The second-order valence-corrected chi connectivity index (χ2v) is 10.4. The lowest BCUT2D eigenvalue weighted by Gasteiger charge is -2.23. The van der Waals surface area contributed by atoms with Crippen molar-refractivity contribution in [3.63, 3.8) is 0 Å². The van der Waals surface area contributed by atoms with Crippen LogP contribution in [0.15, 0.2) is 47.1 Å². The molecule has 2 aromatic heterocycles. The van der Waals surface area contributed by atoms with Gasteiger partial charge in [-0.2, -0.15) is 0 Å². The van der Waals surface area contributed by atoms with Gasteiger partial charge in [0.15, 0.2) is 0 Å². The topological polar surface area (TPSA) is 88.8 Å². The predicted octanol–water partition coefficient (Wildman–Crippen LogP) is 5.03. The van der Waals surface area contributed by atoms with E-state index in [2.05, 4.69) is 5.32 Å². The van der Waals surface area contributed by atoms with E-state index < -0.39 is 5.97 Å². The molecule has 1 aliphatic carbocycles.